The summed E-state index contributed by atoms with van der Waals surface area (Å²) >= 11 is 0. The Kier molecular flexibility index (Phi) is 5.42. The van der Waals surface area contributed by atoms with Crippen LogP contribution in [-0.4, -0.2) is 51.3 Å². The Labute approximate surface area is 131 Å². The minimum absolute atomic E-state index is 0.0141. The Morgan fingerprint density at radius 2 is 1.86 bits per heavy atom. The van der Waals surface area contributed by atoms with Crippen LogP contribution in [0.5, 0.6) is 0 Å². The summed E-state index contributed by atoms with van der Waals surface area (Å²) in [5.74, 6) is -0.0445. The van der Waals surface area contributed by atoms with Gasteiger partial charge in [-0.05, 0) is 44.0 Å². The fourth-order valence-electron chi connectivity index (χ4n) is 2.37. The lowest BCUT2D eigenvalue weighted by Crippen LogP contribution is -2.40. The van der Waals surface area contributed by atoms with Crippen LogP contribution < -0.4 is 4.72 Å². The molecule has 2 rings (SSSR count). The van der Waals surface area contributed by atoms with E-state index >= 15 is 0 Å². The van der Waals surface area contributed by atoms with Crippen molar-refractivity contribution in [1.29, 1.82) is 0 Å². The van der Waals surface area contributed by atoms with Gasteiger partial charge in [-0.25, -0.2) is 8.42 Å². The molecule has 1 amide bonds. The van der Waals surface area contributed by atoms with E-state index in [4.69, 9.17) is 4.74 Å². The van der Waals surface area contributed by atoms with Gasteiger partial charge in [0.25, 0.3) is 5.91 Å². The minimum Gasteiger partial charge on any atom is -0.381 e. The first-order valence-corrected chi connectivity index (χ1v) is 9.03. The maximum absolute atomic E-state index is 12.4. The van der Waals surface area contributed by atoms with Gasteiger partial charge in [0.15, 0.2) is 0 Å². The molecule has 1 aromatic carbocycles. The lowest BCUT2D eigenvalue weighted by Gasteiger charge is -2.31. The Bertz CT molecular complexity index is 607. The van der Waals surface area contributed by atoms with Crippen molar-refractivity contribution in [1.82, 2.24) is 4.90 Å². The predicted molar refractivity (Wildman–Crippen MR) is 85.5 cm³/mol. The van der Waals surface area contributed by atoms with Crippen LogP contribution >= 0.6 is 0 Å². The molecule has 7 heteroatoms. The second-order valence-electron chi connectivity index (χ2n) is 5.34. The standard InChI is InChI=1S/C15H22N2O4S/c1-3-22(19,20)16-13-6-4-12(5-7-13)15(18)17(2)14-8-10-21-11-9-14/h4-7,14,16H,3,8-11H2,1-2H3. The lowest BCUT2D eigenvalue weighted by molar-refractivity contribution is 0.0362. The molecule has 0 aliphatic carbocycles. The highest BCUT2D eigenvalue weighted by Crippen LogP contribution is 2.17. The number of carbonyl (C=O) groups is 1. The minimum atomic E-state index is -3.30. The van der Waals surface area contributed by atoms with Crippen molar-refractivity contribution in [3.8, 4) is 0 Å². The second-order valence-corrected chi connectivity index (χ2v) is 7.35. The van der Waals surface area contributed by atoms with Crippen molar-refractivity contribution in [3.63, 3.8) is 0 Å². The summed E-state index contributed by atoms with van der Waals surface area (Å²) < 4.78 is 30.8. The fourth-order valence-corrected chi connectivity index (χ4v) is 3.01. The highest BCUT2D eigenvalue weighted by molar-refractivity contribution is 7.92. The molecule has 0 bridgehead atoms. The van der Waals surface area contributed by atoms with Gasteiger partial charge in [-0.1, -0.05) is 0 Å². The highest BCUT2D eigenvalue weighted by atomic mass is 32.2. The SMILES string of the molecule is CCS(=O)(=O)Nc1ccc(C(=O)N(C)C2CCOCC2)cc1. The van der Waals surface area contributed by atoms with Crippen LogP contribution in [0.25, 0.3) is 0 Å². The van der Waals surface area contributed by atoms with Crippen LogP contribution in [0.4, 0.5) is 5.69 Å². The number of hydrogen-bond acceptors (Lipinski definition) is 4. The number of nitrogens with one attached hydrogen (secondary N) is 1. The van der Waals surface area contributed by atoms with E-state index in [2.05, 4.69) is 4.72 Å². The number of benzene rings is 1. The van der Waals surface area contributed by atoms with Crippen molar-refractivity contribution in [2.45, 2.75) is 25.8 Å². The number of sulfonamides is 1. The maximum atomic E-state index is 12.4. The van der Waals surface area contributed by atoms with Gasteiger partial charge < -0.3 is 9.64 Å². The molecule has 1 fully saturated rings. The summed E-state index contributed by atoms with van der Waals surface area (Å²) in [7, 11) is -1.50. The van der Waals surface area contributed by atoms with Crippen LogP contribution in [0.2, 0.25) is 0 Å². The number of nitrogens with zero attached hydrogens (tertiary/aromatic N) is 1. The van der Waals surface area contributed by atoms with Gasteiger partial charge in [0, 0.05) is 37.6 Å². The monoisotopic (exact) mass is 326 g/mol. The molecule has 1 heterocycles. The van der Waals surface area contributed by atoms with E-state index in [0.717, 1.165) is 12.8 Å². The number of hydrogen-bond donors (Lipinski definition) is 1. The normalized spacial score (nSPS) is 16.3. The number of ether oxygens (including phenoxy) is 1. The Balaban J connectivity index is 2.04. The molecule has 1 N–H and O–H groups in total. The number of anilines is 1. The van der Waals surface area contributed by atoms with Gasteiger partial charge in [0.1, 0.15) is 0 Å². The fraction of sp³-hybridized carbons (Fsp3) is 0.533. The molecule has 0 spiro atoms. The summed E-state index contributed by atoms with van der Waals surface area (Å²) in [5.41, 5.74) is 1.01. The highest BCUT2D eigenvalue weighted by Gasteiger charge is 2.23. The zero-order valence-corrected chi connectivity index (χ0v) is 13.7. The number of rotatable bonds is 5. The third kappa shape index (κ3) is 4.20. The van der Waals surface area contributed by atoms with E-state index in [1.54, 1.807) is 43.1 Å². The van der Waals surface area contributed by atoms with Crippen LogP contribution in [0, 0.1) is 0 Å². The van der Waals surface area contributed by atoms with Gasteiger partial charge in [-0.3, -0.25) is 9.52 Å². The van der Waals surface area contributed by atoms with Gasteiger partial charge >= 0.3 is 0 Å². The third-order valence-corrected chi connectivity index (χ3v) is 5.15. The first kappa shape index (κ1) is 16.8. The summed E-state index contributed by atoms with van der Waals surface area (Å²) in [6.07, 6.45) is 1.69. The van der Waals surface area contributed by atoms with Gasteiger partial charge in [-0.15, -0.1) is 0 Å². The maximum Gasteiger partial charge on any atom is 0.253 e. The molecule has 1 aliphatic rings. The van der Waals surface area contributed by atoms with E-state index in [0.29, 0.717) is 24.5 Å². The molecule has 0 saturated carbocycles. The third-order valence-electron chi connectivity index (χ3n) is 3.84. The molecule has 0 atom stereocenters. The van der Waals surface area contributed by atoms with E-state index in [9.17, 15) is 13.2 Å². The molecule has 0 unspecified atom stereocenters. The van der Waals surface area contributed by atoms with Gasteiger partial charge in [-0.2, -0.15) is 0 Å². The van der Waals surface area contributed by atoms with E-state index in [-0.39, 0.29) is 17.7 Å². The van der Waals surface area contributed by atoms with Crippen molar-refractivity contribution in [2.75, 3.05) is 30.7 Å². The summed E-state index contributed by atoms with van der Waals surface area (Å²) in [4.78, 5) is 14.2. The number of amides is 1. The molecular formula is C15H22N2O4S. The summed E-state index contributed by atoms with van der Waals surface area (Å²) in [6.45, 7) is 2.93. The predicted octanol–water partition coefficient (Wildman–Crippen LogP) is 1.70. The quantitative estimate of drug-likeness (QED) is 0.893. The first-order valence-electron chi connectivity index (χ1n) is 7.38. The topological polar surface area (TPSA) is 75.7 Å². The van der Waals surface area contributed by atoms with Crippen LogP contribution in [0.1, 0.15) is 30.1 Å². The average Bonchev–Trinajstić information content (AvgIpc) is 2.55. The van der Waals surface area contributed by atoms with E-state index < -0.39 is 10.0 Å². The molecule has 1 aromatic rings. The van der Waals surface area contributed by atoms with Gasteiger partial charge in [0.2, 0.25) is 10.0 Å². The molecule has 0 aromatic heterocycles. The Morgan fingerprint density at radius 1 is 1.27 bits per heavy atom. The molecule has 0 radical (unpaired) electrons. The first-order chi connectivity index (χ1) is 10.4. The molecule has 6 nitrogen and oxygen atoms in total. The van der Waals surface area contributed by atoms with Crippen molar-refractivity contribution < 1.29 is 17.9 Å². The largest absolute Gasteiger partial charge is 0.381 e. The molecule has 122 valence electrons. The van der Waals surface area contributed by atoms with Crippen LogP contribution in [0.15, 0.2) is 24.3 Å². The van der Waals surface area contributed by atoms with Crippen LogP contribution in [-0.2, 0) is 14.8 Å². The average molecular weight is 326 g/mol. The smallest absolute Gasteiger partial charge is 0.253 e. The van der Waals surface area contributed by atoms with Crippen molar-refractivity contribution >= 4 is 21.6 Å². The number of carbonyl (C=O) groups excluding carboxylic acids is 1. The van der Waals surface area contributed by atoms with Crippen molar-refractivity contribution in [3.05, 3.63) is 29.8 Å². The zero-order valence-electron chi connectivity index (χ0n) is 12.9. The summed E-state index contributed by atoms with van der Waals surface area (Å²) in [6, 6.07) is 6.70. The molecular weight excluding hydrogens is 304 g/mol. The van der Waals surface area contributed by atoms with Crippen molar-refractivity contribution in [2.24, 2.45) is 0 Å². The summed E-state index contributed by atoms with van der Waals surface area (Å²) in [5, 5.41) is 0. The molecule has 1 aliphatic heterocycles. The van der Waals surface area contributed by atoms with E-state index in [1.165, 1.54) is 0 Å². The lowest BCUT2D eigenvalue weighted by atomic mass is 10.1. The second kappa shape index (κ2) is 7.11. The van der Waals surface area contributed by atoms with Crippen LogP contribution in [0.3, 0.4) is 0 Å². The van der Waals surface area contributed by atoms with Gasteiger partial charge in [0.05, 0.1) is 5.75 Å². The van der Waals surface area contributed by atoms with E-state index in [1.807, 2.05) is 0 Å². The Morgan fingerprint density at radius 3 is 2.41 bits per heavy atom. The Hall–Kier alpha value is -1.60. The zero-order chi connectivity index (χ0) is 16.2. The molecule has 1 saturated heterocycles. The molecule has 22 heavy (non-hydrogen) atoms.